The van der Waals surface area contributed by atoms with Crippen LogP contribution in [-0.2, 0) is 31.0 Å². The zero-order valence-electron chi connectivity index (χ0n) is 15.6. The Morgan fingerprint density at radius 2 is 1.46 bits per heavy atom. The molecule has 1 aromatic carbocycles. The van der Waals surface area contributed by atoms with Crippen molar-refractivity contribution in [3.05, 3.63) is 86.6 Å². The van der Waals surface area contributed by atoms with Crippen LogP contribution in [0.15, 0.2) is 64.0 Å². The van der Waals surface area contributed by atoms with Gasteiger partial charge < -0.3 is 10.1 Å². The van der Waals surface area contributed by atoms with Gasteiger partial charge in [0.05, 0.1) is 20.2 Å². The van der Waals surface area contributed by atoms with E-state index >= 15 is 0 Å². The van der Waals surface area contributed by atoms with E-state index in [2.05, 4.69) is 18.5 Å². The fourth-order valence-corrected chi connectivity index (χ4v) is 2.53. The van der Waals surface area contributed by atoms with Crippen molar-refractivity contribution in [3.63, 3.8) is 0 Å². The van der Waals surface area contributed by atoms with Crippen LogP contribution in [0.4, 0.5) is 0 Å². The van der Waals surface area contributed by atoms with E-state index in [1.807, 2.05) is 0 Å². The monoisotopic (exact) mass is 386 g/mol. The molecular formula is C19H22N4O5. The number of carbonyl (C=O) groups excluding carboxylic acids is 1. The van der Waals surface area contributed by atoms with Crippen molar-refractivity contribution in [1.82, 2.24) is 19.0 Å². The van der Waals surface area contributed by atoms with Gasteiger partial charge in [0, 0.05) is 6.54 Å². The van der Waals surface area contributed by atoms with Crippen molar-refractivity contribution < 1.29 is 9.53 Å². The lowest BCUT2D eigenvalue weighted by atomic mass is 10.2. The quantitative estimate of drug-likeness (QED) is 0.605. The number of hydrogen-bond acceptors (Lipinski definition) is 5. The zero-order valence-corrected chi connectivity index (χ0v) is 15.6. The largest absolute Gasteiger partial charge is 0.497 e. The Kier molecular flexibility index (Phi) is 6.91. The summed E-state index contributed by atoms with van der Waals surface area (Å²) in [7, 11) is 1.56. The number of carbonyl (C=O) groups is 1. The third-order valence-electron chi connectivity index (χ3n) is 3.96. The fraction of sp³-hybridized carbons (Fsp3) is 0.263. The number of amides is 1. The summed E-state index contributed by atoms with van der Waals surface area (Å²) in [5.74, 6) is 0.151. The molecule has 0 aliphatic carbocycles. The second-order valence-electron chi connectivity index (χ2n) is 5.86. The van der Waals surface area contributed by atoms with Crippen LogP contribution in [-0.4, -0.2) is 26.7 Å². The predicted molar refractivity (Wildman–Crippen MR) is 104 cm³/mol. The van der Waals surface area contributed by atoms with Gasteiger partial charge in [-0.2, -0.15) is 0 Å². The molecule has 0 bridgehead atoms. The van der Waals surface area contributed by atoms with Crippen LogP contribution in [0.2, 0.25) is 0 Å². The highest BCUT2D eigenvalue weighted by molar-refractivity contribution is 5.75. The minimum absolute atomic E-state index is 0.0808. The van der Waals surface area contributed by atoms with Gasteiger partial charge in [-0.1, -0.05) is 24.3 Å². The van der Waals surface area contributed by atoms with Gasteiger partial charge in [-0.3, -0.25) is 4.79 Å². The Balaban J connectivity index is 2.26. The topological polar surface area (TPSA) is 104 Å². The Labute approximate surface area is 160 Å². The van der Waals surface area contributed by atoms with Crippen LogP contribution in [0.5, 0.6) is 5.75 Å². The molecule has 0 saturated carbocycles. The molecule has 9 heteroatoms. The van der Waals surface area contributed by atoms with E-state index in [0.717, 1.165) is 19.3 Å². The second-order valence-corrected chi connectivity index (χ2v) is 5.86. The average Bonchev–Trinajstić information content (AvgIpc) is 2.70. The molecule has 2 rings (SSSR count). The third-order valence-corrected chi connectivity index (χ3v) is 3.96. The number of nitrogens with one attached hydrogen (secondary N) is 1. The van der Waals surface area contributed by atoms with E-state index < -0.39 is 29.5 Å². The maximum absolute atomic E-state index is 12.5. The number of ether oxygens (including phenoxy) is 1. The van der Waals surface area contributed by atoms with Crippen molar-refractivity contribution in [1.29, 1.82) is 0 Å². The molecule has 0 aliphatic heterocycles. The maximum Gasteiger partial charge on any atom is 0.337 e. The minimum Gasteiger partial charge on any atom is -0.497 e. The highest BCUT2D eigenvalue weighted by Crippen LogP contribution is 2.10. The molecule has 2 aromatic rings. The molecule has 1 N–H and O–H groups in total. The van der Waals surface area contributed by atoms with E-state index in [9.17, 15) is 19.2 Å². The van der Waals surface area contributed by atoms with Gasteiger partial charge in [0.2, 0.25) is 5.91 Å². The summed E-state index contributed by atoms with van der Waals surface area (Å²) in [5, 5.41) is 2.64. The lowest BCUT2D eigenvalue weighted by molar-refractivity contribution is -0.122. The summed E-state index contributed by atoms with van der Waals surface area (Å²) in [6.45, 7) is 6.54. The standard InChI is InChI=1S/C19H22N4O5/c1-4-10-21-17(25)22(11-5-2)19(27)23(18(21)26)13-16(24)20-12-14-6-8-15(28-3)9-7-14/h4-9H,1-2,10-13H2,3H3,(H,20,24). The van der Waals surface area contributed by atoms with Crippen molar-refractivity contribution in [2.45, 2.75) is 26.2 Å². The number of allylic oxidation sites excluding steroid dienone is 2. The molecule has 1 heterocycles. The molecule has 0 fully saturated rings. The molecule has 0 aliphatic rings. The molecule has 0 atom stereocenters. The number of nitrogens with zero attached hydrogens (tertiary/aromatic N) is 3. The van der Waals surface area contributed by atoms with Crippen LogP contribution in [0.1, 0.15) is 5.56 Å². The molecule has 1 amide bonds. The first-order valence-corrected chi connectivity index (χ1v) is 8.48. The molecule has 0 unspecified atom stereocenters. The van der Waals surface area contributed by atoms with Crippen molar-refractivity contribution >= 4 is 5.91 Å². The number of rotatable bonds is 9. The first-order chi connectivity index (χ1) is 13.4. The van der Waals surface area contributed by atoms with Gasteiger partial charge in [-0.15, -0.1) is 13.2 Å². The lowest BCUT2D eigenvalue weighted by Gasteiger charge is -2.12. The van der Waals surface area contributed by atoms with E-state index in [1.165, 1.54) is 12.2 Å². The Hall–Kier alpha value is -3.62. The van der Waals surface area contributed by atoms with Gasteiger partial charge in [0.15, 0.2) is 0 Å². The second kappa shape index (κ2) is 9.36. The fourth-order valence-electron chi connectivity index (χ4n) is 2.53. The molecule has 0 radical (unpaired) electrons. The highest BCUT2D eigenvalue weighted by atomic mass is 16.5. The van der Waals surface area contributed by atoms with E-state index in [-0.39, 0.29) is 19.6 Å². The number of methoxy groups -OCH3 is 1. The Morgan fingerprint density at radius 3 is 1.93 bits per heavy atom. The summed E-state index contributed by atoms with van der Waals surface area (Å²) in [6, 6.07) is 7.08. The first kappa shape index (κ1) is 20.7. The van der Waals surface area contributed by atoms with E-state index in [0.29, 0.717) is 5.75 Å². The van der Waals surface area contributed by atoms with Crippen LogP contribution < -0.4 is 27.1 Å². The summed E-state index contributed by atoms with van der Waals surface area (Å²) < 4.78 is 7.47. The molecule has 28 heavy (non-hydrogen) atoms. The molecule has 9 nitrogen and oxygen atoms in total. The molecule has 0 saturated heterocycles. The summed E-state index contributed by atoms with van der Waals surface area (Å²) >= 11 is 0. The SMILES string of the molecule is C=CCn1c(=O)n(CC=C)c(=O)n(CC(=O)NCc2ccc(OC)cc2)c1=O. The van der Waals surface area contributed by atoms with Gasteiger partial charge >= 0.3 is 17.1 Å². The summed E-state index contributed by atoms with van der Waals surface area (Å²) in [5.41, 5.74) is -1.68. The van der Waals surface area contributed by atoms with Crippen molar-refractivity contribution in [3.8, 4) is 5.75 Å². The van der Waals surface area contributed by atoms with Gasteiger partial charge in [-0.25, -0.2) is 28.1 Å². The number of hydrogen-bond donors (Lipinski definition) is 1. The normalized spacial score (nSPS) is 10.3. The van der Waals surface area contributed by atoms with Gasteiger partial charge in [-0.05, 0) is 17.7 Å². The van der Waals surface area contributed by atoms with E-state index in [1.54, 1.807) is 31.4 Å². The summed E-state index contributed by atoms with van der Waals surface area (Å²) in [4.78, 5) is 49.5. The Morgan fingerprint density at radius 1 is 0.964 bits per heavy atom. The minimum atomic E-state index is -0.866. The van der Waals surface area contributed by atoms with Crippen LogP contribution in [0.3, 0.4) is 0 Å². The molecule has 0 spiro atoms. The van der Waals surface area contributed by atoms with Gasteiger partial charge in [0.1, 0.15) is 12.3 Å². The Bertz CT molecular complexity index is 996. The number of benzene rings is 1. The molecular weight excluding hydrogens is 364 g/mol. The maximum atomic E-state index is 12.5. The first-order valence-electron chi connectivity index (χ1n) is 8.48. The van der Waals surface area contributed by atoms with E-state index in [4.69, 9.17) is 4.74 Å². The number of aromatic nitrogens is 3. The van der Waals surface area contributed by atoms with Crippen molar-refractivity contribution in [2.75, 3.05) is 7.11 Å². The van der Waals surface area contributed by atoms with Crippen LogP contribution in [0, 0.1) is 0 Å². The average molecular weight is 386 g/mol. The van der Waals surface area contributed by atoms with Crippen LogP contribution >= 0.6 is 0 Å². The third kappa shape index (κ3) is 4.56. The smallest absolute Gasteiger partial charge is 0.337 e. The lowest BCUT2D eigenvalue weighted by Crippen LogP contribution is -2.55. The predicted octanol–water partition coefficient (Wildman–Crippen LogP) is -0.131. The zero-order chi connectivity index (χ0) is 20.7. The van der Waals surface area contributed by atoms with Crippen molar-refractivity contribution in [2.24, 2.45) is 0 Å². The van der Waals surface area contributed by atoms with Gasteiger partial charge in [0.25, 0.3) is 0 Å². The molecule has 148 valence electrons. The summed E-state index contributed by atoms with van der Waals surface area (Å²) in [6.07, 6.45) is 2.72. The highest BCUT2D eigenvalue weighted by Gasteiger charge is 2.16. The molecule has 1 aromatic heterocycles. The van der Waals surface area contributed by atoms with Crippen LogP contribution in [0.25, 0.3) is 0 Å².